The lowest BCUT2D eigenvalue weighted by Crippen LogP contribution is -2.42. The van der Waals surface area contributed by atoms with Gasteiger partial charge in [0, 0.05) is 58.2 Å². The van der Waals surface area contributed by atoms with E-state index in [1.807, 2.05) is 17.0 Å². The Morgan fingerprint density at radius 1 is 1.17 bits per heavy atom. The maximum absolute atomic E-state index is 14.6. The van der Waals surface area contributed by atoms with E-state index in [-0.39, 0.29) is 30.1 Å². The SMILES string of the molecule is COCCCn1c([C@@H]2CCCN(C(=O)C[C@H](N)Cc3ccc(-c4ccc5c(c4)CCO5)cc3)C2)nc2c(F)cccc21. The second-order valence-corrected chi connectivity index (χ2v) is 11.5. The topological polar surface area (TPSA) is 82.6 Å². The third-order valence-corrected chi connectivity index (χ3v) is 8.54. The molecule has 6 rings (SSSR count). The van der Waals surface area contributed by atoms with E-state index in [0.29, 0.717) is 38.2 Å². The molecule has 0 aliphatic carbocycles. The molecule has 2 aliphatic heterocycles. The van der Waals surface area contributed by atoms with Crippen LogP contribution in [0.1, 0.15) is 48.6 Å². The van der Waals surface area contributed by atoms with Crippen LogP contribution in [0, 0.1) is 5.82 Å². The summed E-state index contributed by atoms with van der Waals surface area (Å²) in [6, 6.07) is 19.6. The molecule has 1 fully saturated rings. The van der Waals surface area contributed by atoms with Gasteiger partial charge in [0.1, 0.15) is 17.1 Å². The van der Waals surface area contributed by atoms with Crippen LogP contribution >= 0.6 is 0 Å². The summed E-state index contributed by atoms with van der Waals surface area (Å²) in [5, 5.41) is 0. The summed E-state index contributed by atoms with van der Waals surface area (Å²) in [5.74, 6) is 1.64. The number of para-hydroxylation sites is 1. The number of piperidine rings is 1. The summed E-state index contributed by atoms with van der Waals surface area (Å²) >= 11 is 0. The Morgan fingerprint density at radius 3 is 2.83 bits per heavy atom. The predicted molar refractivity (Wildman–Crippen MR) is 162 cm³/mol. The van der Waals surface area contributed by atoms with Crippen LogP contribution in [0.2, 0.25) is 0 Å². The number of rotatable bonds is 10. The van der Waals surface area contributed by atoms with Gasteiger partial charge in [0.05, 0.1) is 12.1 Å². The van der Waals surface area contributed by atoms with Crippen molar-refractivity contribution in [1.82, 2.24) is 14.5 Å². The molecule has 42 heavy (non-hydrogen) atoms. The van der Waals surface area contributed by atoms with Gasteiger partial charge in [0.2, 0.25) is 5.91 Å². The number of amides is 1. The number of carbonyl (C=O) groups is 1. The number of nitrogens with two attached hydrogens (primary N) is 1. The summed E-state index contributed by atoms with van der Waals surface area (Å²) < 4.78 is 27.6. The Hall–Kier alpha value is -3.75. The molecule has 3 aromatic carbocycles. The van der Waals surface area contributed by atoms with Gasteiger partial charge in [-0.2, -0.15) is 0 Å². The van der Waals surface area contributed by atoms with E-state index in [4.69, 9.17) is 20.2 Å². The van der Waals surface area contributed by atoms with Crippen LogP contribution in [-0.4, -0.2) is 59.8 Å². The Balaban J connectivity index is 1.09. The molecule has 1 amide bonds. The Bertz CT molecular complexity index is 1550. The van der Waals surface area contributed by atoms with Gasteiger partial charge in [-0.1, -0.05) is 36.4 Å². The number of methoxy groups -OCH3 is 1. The van der Waals surface area contributed by atoms with E-state index in [2.05, 4.69) is 41.0 Å². The Kier molecular flexibility index (Phi) is 8.53. The zero-order valence-corrected chi connectivity index (χ0v) is 24.2. The Morgan fingerprint density at radius 2 is 2.00 bits per heavy atom. The van der Waals surface area contributed by atoms with Crippen LogP contribution in [-0.2, 0) is 28.9 Å². The number of hydrogen-bond acceptors (Lipinski definition) is 5. The van der Waals surface area contributed by atoms with Crippen LogP contribution in [0.5, 0.6) is 5.75 Å². The molecule has 0 unspecified atom stereocenters. The van der Waals surface area contributed by atoms with E-state index >= 15 is 0 Å². The van der Waals surface area contributed by atoms with E-state index < -0.39 is 0 Å². The fourth-order valence-electron chi connectivity index (χ4n) is 6.39. The molecule has 1 aromatic heterocycles. The number of aryl methyl sites for hydroxylation is 1. The first-order chi connectivity index (χ1) is 20.5. The molecule has 2 aliphatic rings. The monoisotopic (exact) mass is 570 g/mol. The van der Waals surface area contributed by atoms with Gasteiger partial charge >= 0.3 is 0 Å². The smallest absolute Gasteiger partial charge is 0.224 e. The minimum Gasteiger partial charge on any atom is -0.493 e. The van der Waals surface area contributed by atoms with Crippen molar-refractivity contribution in [2.24, 2.45) is 5.73 Å². The van der Waals surface area contributed by atoms with Crippen LogP contribution < -0.4 is 10.5 Å². The molecule has 8 heteroatoms. The normalized spacial score (nSPS) is 17.3. The zero-order valence-electron chi connectivity index (χ0n) is 24.2. The molecule has 0 spiro atoms. The minimum atomic E-state index is -0.316. The number of carbonyl (C=O) groups excluding carboxylic acids is 1. The van der Waals surface area contributed by atoms with Crippen molar-refractivity contribution in [2.75, 3.05) is 33.4 Å². The maximum Gasteiger partial charge on any atom is 0.224 e. The first kappa shape index (κ1) is 28.4. The van der Waals surface area contributed by atoms with Gasteiger partial charge in [-0.25, -0.2) is 9.37 Å². The second-order valence-electron chi connectivity index (χ2n) is 11.5. The quantitative estimate of drug-likeness (QED) is 0.255. The van der Waals surface area contributed by atoms with Crippen LogP contribution in [0.15, 0.2) is 60.7 Å². The molecule has 0 saturated carbocycles. The number of halogens is 1. The average Bonchev–Trinajstić information content (AvgIpc) is 3.63. The first-order valence-corrected chi connectivity index (χ1v) is 15.0. The van der Waals surface area contributed by atoms with Gasteiger partial charge < -0.3 is 24.7 Å². The summed E-state index contributed by atoms with van der Waals surface area (Å²) in [4.78, 5) is 20.0. The molecular weight excluding hydrogens is 531 g/mol. The number of fused-ring (bicyclic) bond motifs is 2. The molecule has 4 aromatic rings. The minimum absolute atomic E-state index is 0.0478. The van der Waals surface area contributed by atoms with Crippen molar-refractivity contribution in [3.63, 3.8) is 0 Å². The average molecular weight is 571 g/mol. The fraction of sp³-hybridized carbons (Fsp3) is 0.412. The van der Waals surface area contributed by atoms with Gasteiger partial charge in [0.25, 0.3) is 0 Å². The Labute approximate surface area is 246 Å². The van der Waals surface area contributed by atoms with E-state index in [9.17, 15) is 9.18 Å². The summed E-state index contributed by atoms with van der Waals surface area (Å²) in [5.41, 5.74) is 12.4. The highest BCUT2D eigenvalue weighted by Gasteiger charge is 2.29. The van der Waals surface area contributed by atoms with Gasteiger partial charge in [0.15, 0.2) is 5.82 Å². The lowest BCUT2D eigenvalue weighted by Gasteiger charge is -2.33. The highest BCUT2D eigenvalue weighted by atomic mass is 19.1. The standard InChI is InChI=1S/C34H39FN4O3/c1-41-17-4-16-39-30-7-2-6-29(35)33(30)37-34(39)27-5-3-15-38(22-27)32(40)21-28(36)19-23-8-10-24(11-9-23)25-12-13-31-26(20-25)14-18-42-31/h2,6-13,20,27-28H,3-5,14-19,21-22,36H2,1H3/t27-,28-/m1/s1. The predicted octanol–water partition coefficient (Wildman–Crippen LogP) is 5.48. The van der Waals surface area contributed by atoms with Gasteiger partial charge in [-0.3, -0.25) is 4.79 Å². The fourth-order valence-corrected chi connectivity index (χ4v) is 6.39. The lowest BCUT2D eigenvalue weighted by molar-refractivity contribution is -0.132. The molecule has 1 saturated heterocycles. The highest BCUT2D eigenvalue weighted by Crippen LogP contribution is 2.32. The van der Waals surface area contributed by atoms with Crippen LogP contribution in [0.3, 0.4) is 0 Å². The lowest BCUT2D eigenvalue weighted by atomic mass is 9.95. The van der Waals surface area contributed by atoms with Gasteiger partial charge in [-0.15, -0.1) is 0 Å². The largest absolute Gasteiger partial charge is 0.493 e. The number of ether oxygens (including phenoxy) is 2. The third-order valence-electron chi connectivity index (χ3n) is 8.54. The van der Waals surface area contributed by atoms with E-state index in [0.717, 1.165) is 60.5 Å². The molecule has 220 valence electrons. The van der Waals surface area contributed by atoms with Crippen LogP contribution in [0.4, 0.5) is 4.39 Å². The van der Waals surface area contributed by atoms with Gasteiger partial charge in [-0.05, 0) is 72.2 Å². The van der Waals surface area contributed by atoms with E-state index in [1.54, 1.807) is 13.2 Å². The highest BCUT2D eigenvalue weighted by molar-refractivity contribution is 5.78. The summed E-state index contributed by atoms with van der Waals surface area (Å²) in [6.45, 7) is 3.34. The van der Waals surface area contributed by atoms with E-state index in [1.165, 1.54) is 17.2 Å². The number of benzene rings is 3. The molecule has 3 heterocycles. The van der Waals surface area contributed by atoms with Crippen molar-refractivity contribution in [1.29, 1.82) is 0 Å². The maximum atomic E-state index is 14.6. The third kappa shape index (κ3) is 6.05. The molecule has 7 nitrogen and oxygen atoms in total. The number of likely N-dealkylation sites (tertiary alicyclic amines) is 1. The van der Waals surface area contributed by atoms with Crippen LogP contribution in [0.25, 0.3) is 22.2 Å². The number of imidazole rings is 1. The van der Waals surface area contributed by atoms with Crippen molar-refractivity contribution < 1.29 is 18.7 Å². The summed E-state index contributed by atoms with van der Waals surface area (Å²) in [6.07, 6.45) is 4.47. The second kappa shape index (κ2) is 12.6. The van der Waals surface area contributed by atoms with Crippen molar-refractivity contribution >= 4 is 16.9 Å². The van der Waals surface area contributed by atoms with Crippen molar-refractivity contribution in [3.8, 4) is 16.9 Å². The number of nitrogens with zero attached hydrogens (tertiary/aromatic N) is 3. The number of aromatic nitrogens is 2. The summed E-state index contributed by atoms with van der Waals surface area (Å²) in [7, 11) is 1.68. The first-order valence-electron chi connectivity index (χ1n) is 15.0. The molecule has 2 atom stereocenters. The molecular formula is C34H39FN4O3. The zero-order chi connectivity index (χ0) is 29.1. The van der Waals surface area contributed by atoms with Crippen molar-refractivity contribution in [3.05, 3.63) is 83.4 Å². The molecule has 0 radical (unpaired) electrons. The van der Waals surface area contributed by atoms with Crippen molar-refractivity contribution in [2.45, 2.75) is 57.0 Å². The number of hydrogen-bond donors (Lipinski definition) is 1. The molecule has 2 N–H and O–H groups in total. The molecule has 0 bridgehead atoms.